The molecule has 1 N–H and O–H groups in total. The number of nitrogens with one attached hydrogen (secondary N) is 1. The van der Waals surface area contributed by atoms with Crippen LogP contribution in [0.5, 0.6) is 0 Å². The van der Waals surface area contributed by atoms with Gasteiger partial charge in [0.2, 0.25) is 10.0 Å². The van der Waals surface area contributed by atoms with Gasteiger partial charge in [0, 0.05) is 10.5 Å². The summed E-state index contributed by atoms with van der Waals surface area (Å²) in [5.74, 6) is -0.619. The van der Waals surface area contributed by atoms with Crippen molar-refractivity contribution in [2.24, 2.45) is 5.92 Å². The number of sulfonamides is 1. The first-order valence-corrected chi connectivity index (χ1v) is 7.49. The average molecular weight is 324 g/mol. The Morgan fingerprint density at radius 2 is 1.88 bits per heavy atom. The largest absolute Gasteiger partial charge is 0.243 e. The second kappa shape index (κ2) is 5.46. The lowest BCUT2D eigenvalue weighted by molar-refractivity contribution is 0.473. The van der Waals surface area contributed by atoms with E-state index in [-0.39, 0.29) is 16.9 Å². The second-order valence-electron chi connectivity index (χ2n) is 4.23. The number of hydrogen-bond acceptors (Lipinski definition) is 2. The van der Waals surface area contributed by atoms with Crippen LogP contribution in [-0.4, -0.2) is 14.5 Å². The Kier molecular flexibility index (Phi) is 4.69. The molecule has 1 atom stereocenters. The Bertz CT molecular complexity index is 502. The van der Waals surface area contributed by atoms with E-state index in [4.69, 9.17) is 0 Å². The minimum Gasteiger partial charge on any atom is -0.208 e. The van der Waals surface area contributed by atoms with Crippen LogP contribution in [0.1, 0.15) is 20.8 Å². The van der Waals surface area contributed by atoms with Crippen molar-refractivity contribution in [3.8, 4) is 0 Å². The van der Waals surface area contributed by atoms with E-state index >= 15 is 0 Å². The van der Waals surface area contributed by atoms with E-state index in [1.807, 2.05) is 13.8 Å². The van der Waals surface area contributed by atoms with Gasteiger partial charge >= 0.3 is 0 Å². The summed E-state index contributed by atoms with van der Waals surface area (Å²) in [6.07, 6.45) is 0. The van der Waals surface area contributed by atoms with Gasteiger partial charge in [-0.05, 0) is 31.0 Å². The van der Waals surface area contributed by atoms with Crippen molar-refractivity contribution in [3.05, 3.63) is 28.5 Å². The molecule has 0 radical (unpaired) electrons. The third-order valence-electron chi connectivity index (χ3n) is 2.52. The molecule has 0 aliphatic carbocycles. The Labute approximate surface area is 110 Å². The van der Waals surface area contributed by atoms with Crippen molar-refractivity contribution in [1.29, 1.82) is 0 Å². The van der Waals surface area contributed by atoms with E-state index in [0.717, 1.165) is 6.07 Å². The Balaban J connectivity index is 3.06. The minimum absolute atomic E-state index is 0.142. The SMILES string of the molecule is CC(C)C(C)NS(=O)(=O)c1ccc(Br)cc1F. The molecule has 0 amide bonds. The fraction of sp³-hybridized carbons (Fsp3) is 0.455. The van der Waals surface area contributed by atoms with Gasteiger partial charge in [0.1, 0.15) is 10.7 Å². The third kappa shape index (κ3) is 3.76. The van der Waals surface area contributed by atoms with Gasteiger partial charge in [-0.2, -0.15) is 0 Å². The molecule has 0 aliphatic heterocycles. The molecule has 0 heterocycles. The summed E-state index contributed by atoms with van der Waals surface area (Å²) in [6.45, 7) is 5.54. The van der Waals surface area contributed by atoms with E-state index in [9.17, 15) is 12.8 Å². The highest BCUT2D eigenvalue weighted by atomic mass is 79.9. The third-order valence-corrected chi connectivity index (χ3v) is 4.61. The first-order valence-electron chi connectivity index (χ1n) is 5.21. The Hall–Kier alpha value is -0.460. The van der Waals surface area contributed by atoms with Crippen molar-refractivity contribution >= 4 is 26.0 Å². The van der Waals surface area contributed by atoms with Crippen LogP contribution in [0.4, 0.5) is 4.39 Å². The van der Waals surface area contributed by atoms with Crippen LogP contribution in [-0.2, 0) is 10.0 Å². The Morgan fingerprint density at radius 1 is 1.29 bits per heavy atom. The lowest BCUT2D eigenvalue weighted by Gasteiger charge is -2.17. The van der Waals surface area contributed by atoms with Crippen LogP contribution in [0.25, 0.3) is 0 Å². The molecule has 0 aromatic heterocycles. The zero-order chi connectivity index (χ0) is 13.2. The molecule has 1 rings (SSSR count). The molecule has 1 aromatic rings. The molecule has 1 unspecified atom stereocenters. The van der Waals surface area contributed by atoms with Crippen LogP contribution in [0.3, 0.4) is 0 Å². The van der Waals surface area contributed by atoms with E-state index in [0.29, 0.717) is 4.47 Å². The van der Waals surface area contributed by atoms with Crippen molar-refractivity contribution in [3.63, 3.8) is 0 Å². The van der Waals surface area contributed by atoms with Gasteiger partial charge in [-0.15, -0.1) is 0 Å². The zero-order valence-electron chi connectivity index (χ0n) is 9.87. The smallest absolute Gasteiger partial charge is 0.208 e. The molecule has 3 nitrogen and oxygen atoms in total. The van der Waals surface area contributed by atoms with Gasteiger partial charge in [-0.25, -0.2) is 17.5 Å². The highest BCUT2D eigenvalue weighted by Gasteiger charge is 2.22. The molecule has 0 bridgehead atoms. The summed E-state index contributed by atoms with van der Waals surface area (Å²) >= 11 is 3.08. The van der Waals surface area contributed by atoms with E-state index in [2.05, 4.69) is 20.7 Å². The second-order valence-corrected chi connectivity index (χ2v) is 6.83. The number of halogens is 2. The highest BCUT2D eigenvalue weighted by molar-refractivity contribution is 9.10. The van der Waals surface area contributed by atoms with E-state index < -0.39 is 15.8 Å². The summed E-state index contributed by atoms with van der Waals surface area (Å²) in [5.41, 5.74) is 0. The van der Waals surface area contributed by atoms with Crippen molar-refractivity contribution in [2.75, 3.05) is 0 Å². The number of benzene rings is 1. The fourth-order valence-corrected chi connectivity index (χ4v) is 2.92. The maximum Gasteiger partial charge on any atom is 0.243 e. The maximum absolute atomic E-state index is 13.5. The van der Waals surface area contributed by atoms with Gasteiger partial charge < -0.3 is 0 Å². The summed E-state index contributed by atoms with van der Waals surface area (Å²) in [7, 11) is -3.80. The monoisotopic (exact) mass is 323 g/mol. The predicted octanol–water partition coefficient (Wildman–Crippen LogP) is 2.91. The standard InChI is InChI=1S/C11H15BrFNO2S/c1-7(2)8(3)14-17(15,16)11-5-4-9(12)6-10(11)13/h4-8,14H,1-3H3. The van der Waals surface area contributed by atoms with E-state index in [1.54, 1.807) is 6.92 Å². The molecular formula is C11H15BrFNO2S. The molecule has 17 heavy (non-hydrogen) atoms. The average Bonchev–Trinajstić information content (AvgIpc) is 2.15. The molecule has 1 aromatic carbocycles. The first-order chi connectivity index (χ1) is 7.74. The van der Waals surface area contributed by atoms with Crippen molar-refractivity contribution < 1.29 is 12.8 Å². The van der Waals surface area contributed by atoms with Crippen LogP contribution in [0, 0.1) is 11.7 Å². The van der Waals surface area contributed by atoms with Crippen LogP contribution >= 0.6 is 15.9 Å². The Morgan fingerprint density at radius 3 is 2.35 bits per heavy atom. The summed E-state index contributed by atoms with van der Waals surface area (Å²) in [4.78, 5) is -0.326. The topological polar surface area (TPSA) is 46.2 Å². The predicted molar refractivity (Wildman–Crippen MR) is 68.7 cm³/mol. The molecule has 0 spiro atoms. The van der Waals surface area contributed by atoms with Crippen LogP contribution in [0.2, 0.25) is 0 Å². The van der Waals surface area contributed by atoms with Gasteiger partial charge in [0.15, 0.2) is 0 Å². The van der Waals surface area contributed by atoms with E-state index in [1.165, 1.54) is 12.1 Å². The maximum atomic E-state index is 13.5. The molecule has 0 saturated heterocycles. The summed E-state index contributed by atoms with van der Waals surface area (Å²) in [5, 5.41) is 0. The van der Waals surface area contributed by atoms with Gasteiger partial charge in [0.05, 0.1) is 0 Å². The lowest BCUT2D eigenvalue weighted by Crippen LogP contribution is -2.36. The fourth-order valence-electron chi connectivity index (χ4n) is 1.14. The van der Waals surface area contributed by atoms with Crippen LogP contribution in [0.15, 0.2) is 27.6 Å². The molecular weight excluding hydrogens is 309 g/mol. The van der Waals surface area contributed by atoms with Gasteiger partial charge in [0.25, 0.3) is 0 Å². The number of rotatable bonds is 4. The summed E-state index contributed by atoms with van der Waals surface area (Å²) < 4.78 is 40.3. The molecule has 0 aliphatic rings. The first kappa shape index (κ1) is 14.6. The number of hydrogen-bond donors (Lipinski definition) is 1. The van der Waals surface area contributed by atoms with Crippen molar-refractivity contribution in [1.82, 2.24) is 4.72 Å². The molecule has 6 heteroatoms. The minimum atomic E-state index is -3.80. The van der Waals surface area contributed by atoms with Crippen molar-refractivity contribution in [2.45, 2.75) is 31.7 Å². The van der Waals surface area contributed by atoms with Gasteiger partial charge in [-0.3, -0.25) is 0 Å². The summed E-state index contributed by atoms with van der Waals surface area (Å²) in [6, 6.07) is 3.63. The van der Waals surface area contributed by atoms with Gasteiger partial charge in [-0.1, -0.05) is 29.8 Å². The normalized spacial score (nSPS) is 14.0. The zero-order valence-corrected chi connectivity index (χ0v) is 12.3. The van der Waals surface area contributed by atoms with Crippen LogP contribution < -0.4 is 4.72 Å². The molecule has 0 fully saturated rings. The highest BCUT2D eigenvalue weighted by Crippen LogP contribution is 2.20. The molecule has 96 valence electrons. The quantitative estimate of drug-likeness (QED) is 0.926. The lowest BCUT2D eigenvalue weighted by atomic mass is 10.1. The molecule has 0 saturated carbocycles.